The Morgan fingerprint density at radius 3 is 2.17 bits per heavy atom. The van der Waals surface area contributed by atoms with Gasteiger partial charge < -0.3 is 4.74 Å². The van der Waals surface area contributed by atoms with Crippen LogP contribution in [0.15, 0.2) is 42.5 Å². The normalized spacial score (nSPS) is 13.7. The van der Waals surface area contributed by atoms with Crippen LogP contribution in [0, 0.1) is 6.92 Å². The lowest BCUT2D eigenvalue weighted by atomic mass is 10.1. The number of fused-ring (bicyclic) bond motifs is 1. The van der Waals surface area contributed by atoms with Gasteiger partial charge in [-0.05, 0) is 36.2 Å². The molecule has 1 aliphatic heterocycles. The first-order valence-electron chi connectivity index (χ1n) is 7.35. The van der Waals surface area contributed by atoms with Gasteiger partial charge >= 0.3 is 0 Å². The third-order valence-electron chi connectivity index (χ3n) is 3.98. The summed E-state index contributed by atoms with van der Waals surface area (Å²) in [7, 11) is 3.37. The number of carbonyl (C=O) groups excluding carboxylic acids is 2. The molecular formula is C18H18N2O3. The van der Waals surface area contributed by atoms with Crippen molar-refractivity contribution < 1.29 is 14.3 Å². The lowest BCUT2D eigenvalue weighted by Crippen LogP contribution is -2.43. The Balaban J connectivity index is 1.82. The maximum absolute atomic E-state index is 12.4. The zero-order valence-electron chi connectivity index (χ0n) is 13.4. The molecule has 0 saturated heterocycles. The van der Waals surface area contributed by atoms with Crippen molar-refractivity contribution in [2.45, 2.75) is 13.5 Å². The van der Waals surface area contributed by atoms with Crippen molar-refractivity contribution in [1.29, 1.82) is 0 Å². The standard InChI is InChI=1S/C18H18N2O3/c1-12-10-13(8-9-16(12)23-3)11-19(2)20-17(21)14-6-4-5-7-15(14)18(20)22/h4-10H,11H2,1-3H3. The lowest BCUT2D eigenvalue weighted by Gasteiger charge is -2.26. The summed E-state index contributed by atoms with van der Waals surface area (Å²) in [5, 5.41) is 2.84. The highest BCUT2D eigenvalue weighted by molar-refractivity contribution is 6.20. The number of ether oxygens (including phenoxy) is 1. The molecule has 1 aliphatic rings. The first-order valence-corrected chi connectivity index (χ1v) is 7.35. The summed E-state index contributed by atoms with van der Waals surface area (Å²) in [5.41, 5.74) is 2.92. The second-order valence-corrected chi connectivity index (χ2v) is 5.59. The number of carbonyl (C=O) groups is 2. The highest BCUT2D eigenvalue weighted by atomic mass is 16.5. The quantitative estimate of drug-likeness (QED) is 0.815. The van der Waals surface area contributed by atoms with Crippen LogP contribution in [0.1, 0.15) is 31.8 Å². The minimum atomic E-state index is -0.279. The molecule has 0 spiro atoms. The number of nitrogens with zero attached hydrogens (tertiary/aromatic N) is 2. The van der Waals surface area contributed by atoms with Gasteiger partial charge in [0.1, 0.15) is 5.75 Å². The van der Waals surface area contributed by atoms with E-state index in [2.05, 4.69) is 0 Å². The molecule has 2 aromatic carbocycles. The number of hydrazine groups is 1. The maximum atomic E-state index is 12.4. The van der Waals surface area contributed by atoms with Crippen LogP contribution in [0.25, 0.3) is 0 Å². The van der Waals surface area contributed by atoms with E-state index in [0.29, 0.717) is 17.7 Å². The predicted octanol–water partition coefficient (Wildman–Crippen LogP) is 2.65. The molecule has 118 valence electrons. The zero-order chi connectivity index (χ0) is 16.6. The van der Waals surface area contributed by atoms with Gasteiger partial charge in [0.15, 0.2) is 0 Å². The van der Waals surface area contributed by atoms with E-state index in [-0.39, 0.29) is 11.8 Å². The van der Waals surface area contributed by atoms with Crippen LogP contribution in [-0.4, -0.2) is 36.0 Å². The predicted molar refractivity (Wildman–Crippen MR) is 86.1 cm³/mol. The van der Waals surface area contributed by atoms with Gasteiger partial charge in [-0.3, -0.25) is 9.59 Å². The summed E-state index contributed by atoms with van der Waals surface area (Å²) >= 11 is 0. The molecule has 0 aliphatic carbocycles. The van der Waals surface area contributed by atoms with Gasteiger partial charge in [0.25, 0.3) is 11.8 Å². The van der Waals surface area contributed by atoms with Gasteiger partial charge in [0.2, 0.25) is 0 Å². The van der Waals surface area contributed by atoms with Crippen LogP contribution in [0.2, 0.25) is 0 Å². The van der Waals surface area contributed by atoms with Crippen molar-refractivity contribution in [3.63, 3.8) is 0 Å². The summed E-state index contributed by atoms with van der Waals surface area (Å²) in [6.45, 7) is 2.42. The zero-order valence-corrected chi connectivity index (χ0v) is 13.4. The van der Waals surface area contributed by atoms with Gasteiger partial charge in [-0.2, -0.15) is 0 Å². The van der Waals surface area contributed by atoms with Crippen LogP contribution in [0.3, 0.4) is 0 Å². The van der Waals surface area contributed by atoms with Crippen molar-refractivity contribution in [2.24, 2.45) is 0 Å². The minimum Gasteiger partial charge on any atom is -0.496 e. The SMILES string of the molecule is COc1ccc(CN(C)N2C(=O)c3ccccc3C2=O)cc1C. The van der Waals surface area contributed by atoms with Crippen LogP contribution in [-0.2, 0) is 6.54 Å². The summed E-state index contributed by atoms with van der Waals surface area (Å²) in [6, 6.07) is 12.7. The van der Waals surface area contributed by atoms with Crippen LogP contribution in [0.4, 0.5) is 0 Å². The molecule has 1 heterocycles. The summed E-state index contributed by atoms with van der Waals surface area (Å²) < 4.78 is 5.25. The largest absolute Gasteiger partial charge is 0.496 e. The second-order valence-electron chi connectivity index (χ2n) is 5.59. The fourth-order valence-electron chi connectivity index (χ4n) is 2.86. The monoisotopic (exact) mass is 310 g/mol. The number of amides is 2. The Hall–Kier alpha value is -2.66. The van der Waals surface area contributed by atoms with E-state index in [9.17, 15) is 9.59 Å². The van der Waals surface area contributed by atoms with Crippen molar-refractivity contribution >= 4 is 11.8 Å². The van der Waals surface area contributed by atoms with Crippen molar-refractivity contribution in [3.05, 3.63) is 64.7 Å². The van der Waals surface area contributed by atoms with Gasteiger partial charge in [-0.1, -0.05) is 24.3 Å². The lowest BCUT2D eigenvalue weighted by molar-refractivity contribution is 0.0102. The average Bonchev–Trinajstić information content (AvgIpc) is 2.79. The minimum absolute atomic E-state index is 0.279. The molecular weight excluding hydrogens is 292 g/mol. The number of hydrogen-bond donors (Lipinski definition) is 0. The molecule has 3 rings (SSSR count). The Morgan fingerprint density at radius 1 is 1.04 bits per heavy atom. The topological polar surface area (TPSA) is 49.9 Å². The molecule has 5 heteroatoms. The molecule has 0 N–H and O–H groups in total. The molecule has 0 unspecified atom stereocenters. The Bertz CT molecular complexity index is 751. The van der Waals surface area contributed by atoms with E-state index >= 15 is 0 Å². The summed E-state index contributed by atoms with van der Waals surface area (Å²) in [6.07, 6.45) is 0. The van der Waals surface area contributed by atoms with Crippen molar-refractivity contribution in [3.8, 4) is 5.75 Å². The van der Waals surface area contributed by atoms with Crippen LogP contribution >= 0.6 is 0 Å². The maximum Gasteiger partial charge on any atom is 0.276 e. The van der Waals surface area contributed by atoms with Crippen molar-refractivity contribution in [1.82, 2.24) is 10.0 Å². The van der Waals surface area contributed by atoms with Gasteiger partial charge in [-0.15, -0.1) is 0 Å². The van der Waals surface area contributed by atoms with E-state index in [1.807, 2.05) is 25.1 Å². The number of rotatable bonds is 4. The van der Waals surface area contributed by atoms with E-state index in [0.717, 1.165) is 16.9 Å². The van der Waals surface area contributed by atoms with Gasteiger partial charge in [-0.25, -0.2) is 10.0 Å². The average molecular weight is 310 g/mol. The van der Waals surface area contributed by atoms with E-state index in [1.165, 1.54) is 5.01 Å². The van der Waals surface area contributed by atoms with E-state index < -0.39 is 0 Å². The number of hydrogen-bond acceptors (Lipinski definition) is 4. The Kier molecular flexibility index (Phi) is 3.88. The molecule has 0 fully saturated rings. The number of imide groups is 1. The molecule has 0 saturated carbocycles. The second kappa shape index (κ2) is 5.85. The van der Waals surface area contributed by atoms with Crippen molar-refractivity contribution in [2.75, 3.05) is 14.2 Å². The molecule has 5 nitrogen and oxygen atoms in total. The molecule has 0 radical (unpaired) electrons. The summed E-state index contributed by atoms with van der Waals surface area (Å²) in [5.74, 6) is 0.258. The number of methoxy groups -OCH3 is 1. The highest BCUT2D eigenvalue weighted by Crippen LogP contribution is 2.25. The van der Waals surface area contributed by atoms with E-state index in [1.54, 1.807) is 43.4 Å². The molecule has 0 atom stereocenters. The molecule has 2 amide bonds. The molecule has 2 aromatic rings. The van der Waals surface area contributed by atoms with Crippen LogP contribution < -0.4 is 4.74 Å². The molecule has 0 bridgehead atoms. The smallest absolute Gasteiger partial charge is 0.276 e. The first kappa shape index (κ1) is 15.2. The Labute approximate surface area is 135 Å². The van der Waals surface area contributed by atoms with E-state index in [4.69, 9.17) is 4.74 Å². The number of aryl methyl sites for hydroxylation is 1. The van der Waals surface area contributed by atoms with Crippen LogP contribution in [0.5, 0.6) is 5.75 Å². The highest BCUT2D eigenvalue weighted by Gasteiger charge is 2.37. The third-order valence-corrected chi connectivity index (χ3v) is 3.98. The molecule has 0 aromatic heterocycles. The Morgan fingerprint density at radius 2 is 1.65 bits per heavy atom. The number of benzene rings is 2. The summed E-state index contributed by atoms with van der Waals surface area (Å²) in [4.78, 5) is 24.9. The first-order chi connectivity index (χ1) is 11.0. The fourth-order valence-corrected chi connectivity index (χ4v) is 2.86. The molecule has 23 heavy (non-hydrogen) atoms. The van der Waals surface area contributed by atoms with Gasteiger partial charge in [0.05, 0.1) is 18.2 Å². The van der Waals surface area contributed by atoms with Gasteiger partial charge in [0, 0.05) is 13.6 Å². The fraction of sp³-hybridized carbons (Fsp3) is 0.222. The third kappa shape index (κ3) is 2.59.